The molecule has 0 spiro atoms. The van der Waals surface area contributed by atoms with Crippen molar-refractivity contribution < 1.29 is 40.1 Å². The molecule has 0 saturated carbocycles. The minimum Gasteiger partial charge on any atom is -0.388 e. The fraction of sp³-hybridized carbons (Fsp3) is 0.667. The molecule has 1 aromatic carbocycles. The van der Waals surface area contributed by atoms with E-state index in [0.29, 0.717) is 11.4 Å². The van der Waals surface area contributed by atoms with Gasteiger partial charge in [-0.15, -0.1) is 0 Å². The SMILES string of the molecule is C[C@@H]1O[C@H](Nc2cccc(N[C@@H]3O[C@H](C)[C@H](O)[C@H](O)[C@@H]3O)c2)[C@H](O)[C@H](O)[C@@H]1O. The molecule has 10 heteroatoms. The summed E-state index contributed by atoms with van der Waals surface area (Å²) >= 11 is 0. The predicted octanol–water partition coefficient (Wildman–Crippen LogP) is -1.83. The van der Waals surface area contributed by atoms with Crippen LogP contribution < -0.4 is 10.6 Å². The lowest BCUT2D eigenvalue weighted by Crippen LogP contribution is -2.59. The molecule has 158 valence electrons. The van der Waals surface area contributed by atoms with Crippen LogP contribution in [0.3, 0.4) is 0 Å². The van der Waals surface area contributed by atoms with Gasteiger partial charge in [0.1, 0.15) is 36.6 Å². The Morgan fingerprint density at radius 2 is 1.04 bits per heavy atom. The molecule has 0 bridgehead atoms. The Balaban J connectivity index is 1.67. The molecule has 10 nitrogen and oxygen atoms in total. The van der Waals surface area contributed by atoms with Crippen LogP contribution in [0.2, 0.25) is 0 Å². The minimum absolute atomic E-state index is 0.545. The second kappa shape index (κ2) is 8.47. The fourth-order valence-corrected chi connectivity index (χ4v) is 3.37. The van der Waals surface area contributed by atoms with Crippen LogP contribution in [0.4, 0.5) is 11.4 Å². The number of aliphatic hydroxyl groups is 6. The molecule has 0 aliphatic carbocycles. The van der Waals surface area contributed by atoms with Crippen molar-refractivity contribution in [2.75, 3.05) is 10.6 Å². The molecular formula is C18H28N2O8. The maximum Gasteiger partial charge on any atom is 0.157 e. The van der Waals surface area contributed by atoms with Gasteiger partial charge in [0.05, 0.1) is 12.2 Å². The Hall–Kier alpha value is -1.50. The lowest BCUT2D eigenvalue weighted by Gasteiger charge is -2.40. The quantitative estimate of drug-likeness (QED) is 0.288. The predicted molar refractivity (Wildman–Crippen MR) is 98.4 cm³/mol. The summed E-state index contributed by atoms with van der Waals surface area (Å²) in [5.41, 5.74) is 1.09. The Kier molecular flexibility index (Phi) is 6.42. The van der Waals surface area contributed by atoms with Crippen LogP contribution in [0.15, 0.2) is 24.3 Å². The minimum atomic E-state index is -1.34. The van der Waals surface area contributed by atoms with Crippen molar-refractivity contribution in [1.82, 2.24) is 0 Å². The normalized spacial score (nSPS) is 44.1. The Labute approximate surface area is 162 Å². The summed E-state index contributed by atoms with van der Waals surface area (Å²) < 4.78 is 11.0. The molecule has 28 heavy (non-hydrogen) atoms. The topological polar surface area (TPSA) is 164 Å². The third-order valence-corrected chi connectivity index (χ3v) is 5.18. The number of hydrogen-bond donors (Lipinski definition) is 8. The number of hydrogen-bond acceptors (Lipinski definition) is 10. The Morgan fingerprint density at radius 1 is 0.643 bits per heavy atom. The van der Waals surface area contributed by atoms with Gasteiger partial charge in [-0.1, -0.05) is 6.07 Å². The molecule has 0 radical (unpaired) electrons. The largest absolute Gasteiger partial charge is 0.388 e. The highest BCUT2D eigenvalue weighted by molar-refractivity contribution is 5.57. The van der Waals surface area contributed by atoms with Gasteiger partial charge in [0.15, 0.2) is 12.5 Å². The van der Waals surface area contributed by atoms with E-state index < -0.39 is 61.3 Å². The van der Waals surface area contributed by atoms with Crippen molar-refractivity contribution in [3.8, 4) is 0 Å². The van der Waals surface area contributed by atoms with E-state index in [0.717, 1.165) is 0 Å². The lowest BCUT2D eigenvalue weighted by atomic mass is 9.98. The summed E-state index contributed by atoms with van der Waals surface area (Å²) in [5.74, 6) is 0. The molecule has 0 amide bonds. The van der Waals surface area contributed by atoms with E-state index in [2.05, 4.69) is 10.6 Å². The number of anilines is 2. The first-order valence-electron chi connectivity index (χ1n) is 9.21. The summed E-state index contributed by atoms with van der Waals surface area (Å²) in [6.07, 6.45) is -10.9. The van der Waals surface area contributed by atoms with Crippen LogP contribution in [0.5, 0.6) is 0 Å². The summed E-state index contributed by atoms with van der Waals surface area (Å²) in [6.45, 7) is 3.18. The number of nitrogens with one attached hydrogen (secondary N) is 2. The van der Waals surface area contributed by atoms with Crippen molar-refractivity contribution in [3.05, 3.63) is 24.3 Å². The van der Waals surface area contributed by atoms with Crippen molar-refractivity contribution in [2.45, 2.75) is 75.1 Å². The molecule has 0 aromatic heterocycles. The maximum absolute atomic E-state index is 10.1. The van der Waals surface area contributed by atoms with Crippen molar-refractivity contribution >= 4 is 11.4 Å². The zero-order chi connectivity index (χ0) is 20.6. The molecule has 8 N–H and O–H groups in total. The molecule has 2 aliphatic rings. The summed E-state index contributed by atoms with van der Waals surface area (Å²) in [7, 11) is 0. The second-order valence-electron chi connectivity index (χ2n) is 7.34. The van der Waals surface area contributed by atoms with Crippen LogP contribution >= 0.6 is 0 Å². The second-order valence-corrected chi connectivity index (χ2v) is 7.34. The van der Waals surface area contributed by atoms with Gasteiger partial charge < -0.3 is 50.7 Å². The molecule has 0 unspecified atom stereocenters. The Morgan fingerprint density at radius 3 is 1.43 bits per heavy atom. The highest BCUT2D eigenvalue weighted by atomic mass is 16.6. The van der Waals surface area contributed by atoms with E-state index in [1.807, 2.05) is 0 Å². The van der Waals surface area contributed by atoms with Crippen molar-refractivity contribution in [3.63, 3.8) is 0 Å². The number of benzene rings is 1. The number of ether oxygens (including phenoxy) is 2. The summed E-state index contributed by atoms with van der Waals surface area (Å²) in [5, 5.41) is 65.5. The van der Waals surface area contributed by atoms with E-state index in [4.69, 9.17) is 9.47 Å². The molecule has 1 aromatic rings. The van der Waals surface area contributed by atoms with Gasteiger partial charge in [0, 0.05) is 11.4 Å². The van der Waals surface area contributed by atoms with Crippen molar-refractivity contribution in [1.29, 1.82) is 0 Å². The molecule has 10 atom stereocenters. The van der Waals surface area contributed by atoms with Gasteiger partial charge in [0.2, 0.25) is 0 Å². The first-order valence-corrected chi connectivity index (χ1v) is 9.21. The molecule has 2 fully saturated rings. The molecule has 2 heterocycles. The zero-order valence-electron chi connectivity index (χ0n) is 15.6. The number of rotatable bonds is 4. The Bertz CT molecular complexity index is 613. The summed E-state index contributed by atoms with van der Waals surface area (Å²) in [6, 6.07) is 6.79. The van der Waals surface area contributed by atoms with E-state index in [1.54, 1.807) is 38.1 Å². The fourth-order valence-electron chi connectivity index (χ4n) is 3.37. The standard InChI is InChI=1S/C18H28N2O8/c1-7-11(21)13(23)15(25)17(27-7)19-9-4-3-5-10(6-9)20-18-16(26)14(24)12(22)8(2)28-18/h3-8,11-26H,1-2H3/t7-,8+,11+,12-,13+,14-,15+,16-,17-,18+. The van der Waals surface area contributed by atoms with Gasteiger partial charge in [-0.05, 0) is 32.0 Å². The van der Waals surface area contributed by atoms with Crippen LogP contribution in [-0.4, -0.2) is 91.9 Å². The molecular weight excluding hydrogens is 372 g/mol. The van der Waals surface area contributed by atoms with Gasteiger partial charge >= 0.3 is 0 Å². The van der Waals surface area contributed by atoms with E-state index in [9.17, 15) is 30.6 Å². The first-order chi connectivity index (χ1) is 13.2. The number of aliphatic hydroxyl groups excluding tert-OH is 6. The molecule has 3 rings (SSSR count). The van der Waals surface area contributed by atoms with E-state index in [1.165, 1.54) is 0 Å². The third-order valence-electron chi connectivity index (χ3n) is 5.18. The smallest absolute Gasteiger partial charge is 0.157 e. The van der Waals surface area contributed by atoms with Gasteiger partial charge in [-0.2, -0.15) is 0 Å². The lowest BCUT2D eigenvalue weighted by molar-refractivity contribution is -0.209. The molecule has 2 aliphatic heterocycles. The monoisotopic (exact) mass is 400 g/mol. The third kappa shape index (κ3) is 4.24. The van der Waals surface area contributed by atoms with E-state index in [-0.39, 0.29) is 0 Å². The van der Waals surface area contributed by atoms with Crippen LogP contribution in [-0.2, 0) is 9.47 Å². The van der Waals surface area contributed by atoms with E-state index >= 15 is 0 Å². The zero-order valence-corrected chi connectivity index (χ0v) is 15.6. The molecule has 2 saturated heterocycles. The highest BCUT2D eigenvalue weighted by Gasteiger charge is 2.43. The first kappa shape index (κ1) is 21.2. The average Bonchev–Trinajstić information content (AvgIpc) is 2.67. The van der Waals surface area contributed by atoms with Crippen molar-refractivity contribution in [2.24, 2.45) is 0 Å². The van der Waals surface area contributed by atoms with Gasteiger partial charge in [-0.3, -0.25) is 0 Å². The van der Waals surface area contributed by atoms with Crippen LogP contribution in [0.1, 0.15) is 13.8 Å². The van der Waals surface area contributed by atoms with Crippen LogP contribution in [0, 0.1) is 0 Å². The van der Waals surface area contributed by atoms with Crippen LogP contribution in [0.25, 0.3) is 0 Å². The summed E-state index contributed by atoms with van der Waals surface area (Å²) in [4.78, 5) is 0. The van der Waals surface area contributed by atoms with Gasteiger partial charge in [-0.25, -0.2) is 0 Å². The van der Waals surface area contributed by atoms with Gasteiger partial charge in [0.25, 0.3) is 0 Å². The maximum atomic E-state index is 10.1. The highest BCUT2D eigenvalue weighted by Crippen LogP contribution is 2.26. The average molecular weight is 400 g/mol.